The Morgan fingerprint density at radius 2 is 1.56 bits per heavy atom. The third-order valence-electron chi connectivity index (χ3n) is 6.56. The number of urea groups is 1. The van der Waals surface area contributed by atoms with Gasteiger partial charge in [0.15, 0.2) is 0 Å². The number of carbonyl (C=O) groups excluding carboxylic acids is 3. The Morgan fingerprint density at radius 1 is 0.872 bits per heavy atom. The largest absolute Gasteiger partial charge is 0.368 e. The van der Waals surface area contributed by atoms with Crippen molar-refractivity contribution in [1.29, 1.82) is 0 Å². The standard InChI is InChI=1S/C30H34ClN5O3/c1-3-15-36(29(38)23-7-9-24(31)10-8-23)21-28(37)32-25-11-13-27(14-12-25)34-16-18-35(19-17-34)30(39)33-26-6-4-5-22(2)20-26/h4-14,20H,3,15-19,21H2,1-2H3,(H,32,37)(H,33,39). The lowest BCUT2D eigenvalue weighted by atomic mass is 10.2. The Hall–Kier alpha value is -4.04. The van der Waals surface area contributed by atoms with Crippen LogP contribution in [0.2, 0.25) is 5.02 Å². The summed E-state index contributed by atoms with van der Waals surface area (Å²) in [6.07, 6.45) is 0.738. The molecule has 1 heterocycles. The minimum absolute atomic E-state index is 0.0381. The summed E-state index contributed by atoms with van der Waals surface area (Å²) in [5.41, 5.74) is 4.08. The molecule has 2 N–H and O–H groups in total. The number of aryl methyl sites for hydroxylation is 1. The number of hydrogen-bond donors (Lipinski definition) is 2. The minimum Gasteiger partial charge on any atom is -0.368 e. The highest BCUT2D eigenvalue weighted by Gasteiger charge is 2.22. The first-order chi connectivity index (χ1) is 18.8. The van der Waals surface area contributed by atoms with Crippen LogP contribution in [0.15, 0.2) is 72.8 Å². The molecular weight excluding hydrogens is 514 g/mol. The Morgan fingerprint density at radius 3 is 2.21 bits per heavy atom. The zero-order valence-electron chi connectivity index (χ0n) is 22.3. The van der Waals surface area contributed by atoms with Crippen molar-refractivity contribution in [1.82, 2.24) is 9.80 Å². The van der Waals surface area contributed by atoms with Crippen molar-refractivity contribution in [2.45, 2.75) is 20.3 Å². The Labute approximate surface area is 234 Å². The van der Waals surface area contributed by atoms with Gasteiger partial charge in [-0.25, -0.2) is 4.79 Å². The van der Waals surface area contributed by atoms with E-state index in [1.54, 1.807) is 29.2 Å². The molecule has 4 amide bonds. The normalized spacial score (nSPS) is 13.1. The van der Waals surface area contributed by atoms with E-state index in [0.29, 0.717) is 49.0 Å². The molecule has 0 atom stereocenters. The predicted octanol–water partition coefficient (Wildman–Crippen LogP) is 5.49. The number of nitrogens with zero attached hydrogens (tertiary/aromatic N) is 3. The summed E-state index contributed by atoms with van der Waals surface area (Å²) in [7, 11) is 0. The highest BCUT2D eigenvalue weighted by atomic mass is 35.5. The summed E-state index contributed by atoms with van der Waals surface area (Å²) in [6, 6.07) is 22.0. The summed E-state index contributed by atoms with van der Waals surface area (Å²) in [4.78, 5) is 43.9. The van der Waals surface area contributed by atoms with E-state index in [2.05, 4.69) is 15.5 Å². The van der Waals surface area contributed by atoms with Crippen LogP contribution in [0.1, 0.15) is 29.3 Å². The number of piperazine rings is 1. The number of rotatable bonds is 8. The fraction of sp³-hybridized carbons (Fsp3) is 0.300. The van der Waals surface area contributed by atoms with Gasteiger partial charge in [0.2, 0.25) is 5.91 Å². The van der Waals surface area contributed by atoms with Gasteiger partial charge in [-0.15, -0.1) is 0 Å². The number of hydrogen-bond acceptors (Lipinski definition) is 4. The first-order valence-electron chi connectivity index (χ1n) is 13.1. The second kappa shape index (κ2) is 13.2. The molecule has 0 bridgehead atoms. The van der Waals surface area contributed by atoms with E-state index >= 15 is 0 Å². The first kappa shape index (κ1) is 28.0. The second-order valence-electron chi connectivity index (χ2n) is 9.60. The van der Waals surface area contributed by atoms with E-state index in [0.717, 1.165) is 23.4 Å². The predicted molar refractivity (Wildman–Crippen MR) is 157 cm³/mol. The fourth-order valence-electron chi connectivity index (χ4n) is 4.52. The average molecular weight is 548 g/mol. The number of anilines is 3. The van der Waals surface area contributed by atoms with Crippen molar-refractivity contribution in [2.24, 2.45) is 0 Å². The molecule has 1 saturated heterocycles. The highest BCUT2D eigenvalue weighted by Crippen LogP contribution is 2.20. The van der Waals surface area contributed by atoms with Crippen molar-refractivity contribution >= 4 is 46.5 Å². The maximum Gasteiger partial charge on any atom is 0.321 e. The van der Waals surface area contributed by atoms with Crippen LogP contribution >= 0.6 is 11.6 Å². The van der Waals surface area contributed by atoms with Crippen LogP contribution < -0.4 is 15.5 Å². The van der Waals surface area contributed by atoms with E-state index in [1.165, 1.54) is 0 Å². The van der Waals surface area contributed by atoms with Crippen molar-refractivity contribution in [3.05, 3.63) is 88.9 Å². The van der Waals surface area contributed by atoms with Crippen molar-refractivity contribution in [2.75, 3.05) is 54.8 Å². The highest BCUT2D eigenvalue weighted by molar-refractivity contribution is 6.30. The molecule has 1 aliphatic heterocycles. The smallest absolute Gasteiger partial charge is 0.321 e. The molecular formula is C30H34ClN5O3. The van der Waals surface area contributed by atoms with E-state index in [-0.39, 0.29) is 24.4 Å². The van der Waals surface area contributed by atoms with Gasteiger partial charge in [-0.1, -0.05) is 30.7 Å². The van der Waals surface area contributed by atoms with E-state index in [4.69, 9.17) is 11.6 Å². The van der Waals surface area contributed by atoms with Crippen LogP contribution in [0.5, 0.6) is 0 Å². The summed E-state index contributed by atoms with van der Waals surface area (Å²) in [5.74, 6) is -0.461. The third-order valence-corrected chi connectivity index (χ3v) is 6.81. The van der Waals surface area contributed by atoms with Crippen LogP contribution in [0.3, 0.4) is 0 Å². The Kier molecular flexibility index (Phi) is 9.44. The maximum absolute atomic E-state index is 12.9. The van der Waals surface area contributed by atoms with E-state index in [1.807, 2.05) is 67.3 Å². The van der Waals surface area contributed by atoms with E-state index in [9.17, 15) is 14.4 Å². The van der Waals surface area contributed by atoms with Crippen molar-refractivity contribution in [3.8, 4) is 0 Å². The summed E-state index contributed by atoms with van der Waals surface area (Å²) < 4.78 is 0. The van der Waals surface area contributed by atoms with Crippen LogP contribution in [0.25, 0.3) is 0 Å². The molecule has 8 nitrogen and oxygen atoms in total. The van der Waals surface area contributed by atoms with Gasteiger partial charge in [0.05, 0.1) is 0 Å². The van der Waals surface area contributed by atoms with E-state index < -0.39 is 0 Å². The topological polar surface area (TPSA) is 85.0 Å². The molecule has 204 valence electrons. The van der Waals surface area contributed by atoms with Crippen LogP contribution in [-0.4, -0.2) is 66.9 Å². The molecule has 3 aromatic carbocycles. The van der Waals surface area contributed by atoms with Crippen LogP contribution in [0, 0.1) is 6.92 Å². The fourth-order valence-corrected chi connectivity index (χ4v) is 4.65. The summed E-state index contributed by atoms with van der Waals surface area (Å²) in [6.45, 7) is 7.06. The van der Waals surface area contributed by atoms with Gasteiger partial charge in [0, 0.05) is 60.4 Å². The van der Waals surface area contributed by atoms with Gasteiger partial charge in [0.25, 0.3) is 5.91 Å². The quantitative estimate of drug-likeness (QED) is 0.390. The molecule has 0 spiro atoms. The molecule has 0 saturated carbocycles. The molecule has 9 heteroatoms. The average Bonchev–Trinajstić information content (AvgIpc) is 2.93. The molecule has 0 radical (unpaired) electrons. The van der Waals surface area contributed by atoms with Crippen molar-refractivity contribution < 1.29 is 14.4 Å². The molecule has 0 unspecified atom stereocenters. The lowest BCUT2D eigenvalue weighted by molar-refractivity contribution is -0.116. The molecule has 39 heavy (non-hydrogen) atoms. The molecule has 4 rings (SSSR count). The number of carbonyl (C=O) groups is 3. The SMILES string of the molecule is CCCN(CC(=O)Nc1ccc(N2CCN(C(=O)Nc3cccc(C)c3)CC2)cc1)C(=O)c1ccc(Cl)cc1. The molecule has 0 aliphatic carbocycles. The van der Waals surface area contributed by atoms with Gasteiger partial charge in [-0.2, -0.15) is 0 Å². The Balaban J connectivity index is 1.27. The lowest BCUT2D eigenvalue weighted by Crippen LogP contribution is -2.50. The first-order valence-corrected chi connectivity index (χ1v) is 13.5. The second-order valence-corrected chi connectivity index (χ2v) is 10.0. The van der Waals surface area contributed by atoms with Gasteiger partial charge < -0.3 is 25.3 Å². The van der Waals surface area contributed by atoms with Gasteiger partial charge >= 0.3 is 6.03 Å². The minimum atomic E-state index is -0.258. The molecule has 1 fully saturated rings. The summed E-state index contributed by atoms with van der Waals surface area (Å²) >= 11 is 5.93. The van der Waals surface area contributed by atoms with Crippen molar-refractivity contribution in [3.63, 3.8) is 0 Å². The van der Waals surface area contributed by atoms with Gasteiger partial charge in [-0.05, 0) is 79.6 Å². The zero-order chi connectivity index (χ0) is 27.8. The molecule has 0 aromatic heterocycles. The third kappa shape index (κ3) is 7.74. The maximum atomic E-state index is 12.9. The summed E-state index contributed by atoms with van der Waals surface area (Å²) in [5, 5.41) is 6.42. The van der Waals surface area contributed by atoms with Crippen LogP contribution in [-0.2, 0) is 4.79 Å². The number of benzene rings is 3. The lowest BCUT2D eigenvalue weighted by Gasteiger charge is -2.36. The number of amides is 4. The Bertz CT molecular complexity index is 1290. The molecule has 3 aromatic rings. The monoisotopic (exact) mass is 547 g/mol. The molecule has 1 aliphatic rings. The van der Waals surface area contributed by atoms with Crippen LogP contribution in [0.4, 0.5) is 21.9 Å². The van der Waals surface area contributed by atoms with Gasteiger partial charge in [0.1, 0.15) is 6.54 Å². The number of nitrogens with one attached hydrogen (secondary N) is 2. The number of halogens is 1. The zero-order valence-corrected chi connectivity index (χ0v) is 23.1. The van der Waals surface area contributed by atoms with Gasteiger partial charge in [-0.3, -0.25) is 9.59 Å².